The van der Waals surface area contributed by atoms with Crippen LogP contribution in [0.3, 0.4) is 0 Å². The number of hydrogen-bond donors (Lipinski definition) is 3. The van der Waals surface area contributed by atoms with Gasteiger partial charge in [-0.05, 0) is 41.8 Å². The molecule has 0 bridgehead atoms. The average Bonchev–Trinajstić information content (AvgIpc) is 3.46. The first-order valence-electron chi connectivity index (χ1n) is 8.84. The van der Waals surface area contributed by atoms with Crippen molar-refractivity contribution in [2.24, 2.45) is 0 Å². The van der Waals surface area contributed by atoms with Gasteiger partial charge in [-0.1, -0.05) is 6.07 Å². The summed E-state index contributed by atoms with van der Waals surface area (Å²) < 4.78 is 2.01. The topological polar surface area (TPSA) is 91.8 Å². The normalized spacial score (nSPS) is 12.0. The van der Waals surface area contributed by atoms with Crippen molar-refractivity contribution in [1.82, 2.24) is 20.1 Å². The lowest BCUT2D eigenvalue weighted by molar-refractivity contribution is -0.124. The fraction of sp³-hybridized carbons (Fsp3) is 0.150. The van der Waals surface area contributed by atoms with Gasteiger partial charge < -0.3 is 15.2 Å². The molecule has 3 heterocycles. The second kappa shape index (κ2) is 8.10. The number of aromatic amines is 1. The average molecular weight is 393 g/mol. The van der Waals surface area contributed by atoms with Gasteiger partial charge in [-0.25, -0.2) is 0 Å². The molecule has 3 aromatic heterocycles. The van der Waals surface area contributed by atoms with Crippen molar-refractivity contribution in [3.8, 4) is 0 Å². The van der Waals surface area contributed by atoms with E-state index >= 15 is 0 Å². The van der Waals surface area contributed by atoms with E-state index in [0.29, 0.717) is 5.69 Å². The summed E-state index contributed by atoms with van der Waals surface area (Å²) in [6.45, 7) is -0.0807. The van der Waals surface area contributed by atoms with Crippen LogP contribution in [-0.2, 0) is 9.59 Å². The first-order chi connectivity index (χ1) is 13.7. The van der Waals surface area contributed by atoms with Gasteiger partial charge in [-0.15, -0.1) is 11.3 Å². The molecule has 0 fully saturated rings. The van der Waals surface area contributed by atoms with Gasteiger partial charge in [-0.3, -0.25) is 14.7 Å². The van der Waals surface area contributed by atoms with Crippen LogP contribution < -0.4 is 10.6 Å². The molecule has 0 aliphatic rings. The molecule has 3 N–H and O–H groups in total. The summed E-state index contributed by atoms with van der Waals surface area (Å²) in [6.07, 6.45) is 5.87. The minimum Gasteiger partial charge on any atom is -0.347 e. The maximum absolute atomic E-state index is 12.4. The van der Waals surface area contributed by atoms with Gasteiger partial charge in [0.15, 0.2) is 0 Å². The standard InChI is InChI=1S/C20H19N5O2S/c26-19(11-17(18-4-3-9-28-18)25-7-1-2-8-25)21-13-20(27)23-15-6-5-14-12-22-24-16(14)10-15/h1-10,12,17H,11,13H2,(H,21,26)(H,22,24)(H,23,27). The zero-order valence-electron chi connectivity index (χ0n) is 15.0. The van der Waals surface area contributed by atoms with E-state index in [4.69, 9.17) is 0 Å². The maximum Gasteiger partial charge on any atom is 0.243 e. The predicted molar refractivity (Wildman–Crippen MR) is 109 cm³/mol. The zero-order chi connectivity index (χ0) is 19.3. The number of carbonyl (C=O) groups excluding carboxylic acids is 2. The molecule has 28 heavy (non-hydrogen) atoms. The monoisotopic (exact) mass is 393 g/mol. The number of benzene rings is 1. The van der Waals surface area contributed by atoms with Crippen molar-refractivity contribution < 1.29 is 9.59 Å². The third-order valence-corrected chi connectivity index (χ3v) is 5.38. The van der Waals surface area contributed by atoms with Gasteiger partial charge in [0.1, 0.15) is 0 Å². The lowest BCUT2D eigenvalue weighted by Crippen LogP contribution is -2.34. The fourth-order valence-corrected chi connectivity index (χ4v) is 3.87. The number of fused-ring (bicyclic) bond motifs is 1. The lowest BCUT2D eigenvalue weighted by Gasteiger charge is -2.17. The first kappa shape index (κ1) is 18.0. The molecular weight excluding hydrogens is 374 g/mol. The van der Waals surface area contributed by atoms with Gasteiger partial charge in [-0.2, -0.15) is 5.10 Å². The van der Waals surface area contributed by atoms with E-state index in [0.717, 1.165) is 15.8 Å². The van der Waals surface area contributed by atoms with Crippen LogP contribution in [0.4, 0.5) is 5.69 Å². The van der Waals surface area contributed by atoms with Gasteiger partial charge in [0.05, 0.1) is 30.7 Å². The largest absolute Gasteiger partial charge is 0.347 e. The van der Waals surface area contributed by atoms with E-state index in [1.54, 1.807) is 29.7 Å². The molecule has 0 aliphatic carbocycles. The van der Waals surface area contributed by atoms with Crippen LogP contribution >= 0.6 is 11.3 Å². The zero-order valence-corrected chi connectivity index (χ0v) is 15.8. The number of rotatable bonds is 7. The Bertz CT molecular complexity index is 1040. The molecule has 4 rings (SSSR count). The smallest absolute Gasteiger partial charge is 0.243 e. The molecular formula is C20H19N5O2S. The first-order valence-corrected chi connectivity index (χ1v) is 9.72. The summed E-state index contributed by atoms with van der Waals surface area (Å²) in [5.74, 6) is -0.452. The fourth-order valence-electron chi connectivity index (χ4n) is 3.04. The number of amides is 2. The summed E-state index contributed by atoms with van der Waals surface area (Å²) in [7, 11) is 0. The summed E-state index contributed by atoms with van der Waals surface area (Å²) >= 11 is 1.61. The molecule has 0 saturated carbocycles. The minimum absolute atomic E-state index is 0.0807. The molecule has 0 radical (unpaired) electrons. The highest BCUT2D eigenvalue weighted by Gasteiger charge is 2.18. The molecule has 1 atom stereocenters. The van der Waals surface area contributed by atoms with Crippen LogP contribution in [0.25, 0.3) is 10.9 Å². The molecule has 1 aromatic carbocycles. The Morgan fingerprint density at radius 2 is 2.00 bits per heavy atom. The van der Waals surface area contributed by atoms with Crippen molar-refractivity contribution in [2.45, 2.75) is 12.5 Å². The van der Waals surface area contributed by atoms with Crippen LogP contribution in [-0.4, -0.2) is 33.1 Å². The van der Waals surface area contributed by atoms with E-state index in [2.05, 4.69) is 20.8 Å². The number of anilines is 1. The number of aromatic nitrogens is 3. The third kappa shape index (κ3) is 4.12. The number of thiophene rings is 1. The summed E-state index contributed by atoms with van der Waals surface area (Å²) in [6, 6.07) is 13.2. The van der Waals surface area contributed by atoms with Crippen LogP contribution in [0, 0.1) is 0 Å². The number of nitrogens with zero attached hydrogens (tertiary/aromatic N) is 2. The SMILES string of the molecule is O=C(CC(c1cccs1)n1cccc1)NCC(=O)Nc1ccc2cn[nH]c2c1. The molecule has 7 nitrogen and oxygen atoms in total. The van der Waals surface area contributed by atoms with Gasteiger partial charge in [0.2, 0.25) is 11.8 Å². The minimum atomic E-state index is -0.277. The van der Waals surface area contributed by atoms with E-state index in [1.807, 2.05) is 52.7 Å². The van der Waals surface area contributed by atoms with E-state index in [-0.39, 0.29) is 30.8 Å². The number of hydrogen-bond acceptors (Lipinski definition) is 4. The van der Waals surface area contributed by atoms with E-state index in [9.17, 15) is 9.59 Å². The van der Waals surface area contributed by atoms with Crippen LogP contribution in [0.15, 0.2) is 66.4 Å². The number of H-pyrrole nitrogens is 1. The van der Waals surface area contributed by atoms with Crippen molar-refractivity contribution >= 4 is 39.7 Å². The van der Waals surface area contributed by atoms with Crippen molar-refractivity contribution in [3.63, 3.8) is 0 Å². The molecule has 142 valence electrons. The van der Waals surface area contributed by atoms with E-state index < -0.39 is 0 Å². The molecule has 1 unspecified atom stereocenters. The summed E-state index contributed by atoms with van der Waals surface area (Å²) in [5.41, 5.74) is 1.49. The molecule has 0 saturated heterocycles. The Balaban J connectivity index is 1.33. The Kier molecular flexibility index (Phi) is 5.20. The summed E-state index contributed by atoms with van der Waals surface area (Å²) in [4.78, 5) is 25.7. The Morgan fingerprint density at radius 1 is 1.14 bits per heavy atom. The Hall–Kier alpha value is -3.39. The molecule has 8 heteroatoms. The van der Waals surface area contributed by atoms with Gasteiger partial charge >= 0.3 is 0 Å². The molecule has 4 aromatic rings. The predicted octanol–water partition coefficient (Wildman–Crippen LogP) is 3.16. The van der Waals surface area contributed by atoms with Crippen LogP contribution in [0.5, 0.6) is 0 Å². The highest BCUT2D eigenvalue weighted by molar-refractivity contribution is 7.10. The highest BCUT2D eigenvalue weighted by Crippen LogP contribution is 2.26. The Labute approximate surface area is 165 Å². The van der Waals surface area contributed by atoms with Gasteiger partial charge in [0, 0.05) is 28.3 Å². The van der Waals surface area contributed by atoms with Crippen molar-refractivity contribution in [2.75, 3.05) is 11.9 Å². The van der Waals surface area contributed by atoms with Crippen molar-refractivity contribution in [3.05, 3.63) is 71.3 Å². The Morgan fingerprint density at radius 3 is 2.79 bits per heavy atom. The second-order valence-electron chi connectivity index (χ2n) is 6.36. The second-order valence-corrected chi connectivity index (χ2v) is 7.34. The van der Waals surface area contributed by atoms with Crippen LogP contribution in [0.1, 0.15) is 17.3 Å². The molecule has 2 amide bonds. The molecule has 0 spiro atoms. The highest BCUT2D eigenvalue weighted by atomic mass is 32.1. The molecule has 0 aliphatic heterocycles. The van der Waals surface area contributed by atoms with Crippen molar-refractivity contribution in [1.29, 1.82) is 0 Å². The maximum atomic E-state index is 12.4. The lowest BCUT2D eigenvalue weighted by atomic mass is 10.1. The third-order valence-electron chi connectivity index (χ3n) is 4.41. The number of nitrogens with one attached hydrogen (secondary N) is 3. The number of carbonyl (C=O) groups is 2. The van der Waals surface area contributed by atoms with Crippen LogP contribution in [0.2, 0.25) is 0 Å². The van der Waals surface area contributed by atoms with Gasteiger partial charge in [0.25, 0.3) is 0 Å². The summed E-state index contributed by atoms with van der Waals surface area (Å²) in [5, 5.41) is 15.3. The van der Waals surface area contributed by atoms with E-state index in [1.165, 1.54) is 0 Å². The quantitative estimate of drug-likeness (QED) is 0.450.